The van der Waals surface area contributed by atoms with Crippen LogP contribution in [0.2, 0.25) is 0 Å². The highest BCUT2D eigenvalue weighted by atomic mass is 32.1. The van der Waals surface area contributed by atoms with Gasteiger partial charge in [-0.2, -0.15) is 0 Å². The average molecular weight is 1060 g/mol. The Kier molecular flexibility index (Phi) is 10.9. The van der Waals surface area contributed by atoms with Gasteiger partial charge in [0.1, 0.15) is 0 Å². The number of hydrogen-bond donors (Lipinski definition) is 0. The Bertz CT molecular complexity index is 4180. The zero-order valence-electron chi connectivity index (χ0n) is 47.9. The maximum absolute atomic E-state index is 2.49. The number of aryl methyl sites for hydroxylation is 1. The summed E-state index contributed by atoms with van der Waals surface area (Å²) in [6.07, 6.45) is 0.948. The first-order valence-electron chi connectivity index (χ1n) is 29.0. The summed E-state index contributed by atoms with van der Waals surface area (Å²) in [6, 6.07) is 85.5. The van der Waals surface area contributed by atoms with Crippen LogP contribution in [0.5, 0.6) is 0 Å². The Morgan fingerprint density at radius 3 is 0.864 bits per heavy atom. The molecule has 0 amide bonds. The number of fused-ring (bicyclic) bond motifs is 12. The fraction of sp³-hybridized carbons (Fsp3) is 0.179. The molecule has 0 N–H and O–H groups in total. The predicted octanol–water partition coefficient (Wildman–Crippen LogP) is 21.8. The van der Waals surface area contributed by atoms with Crippen molar-refractivity contribution in [1.82, 2.24) is 0 Å². The van der Waals surface area contributed by atoms with Crippen LogP contribution in [0.4, 0.5) is 34.1 Å². The standard InChI is InChI=1S/C78H66N2S/c1-10-48-43-73(49-27-31-51(32-28-49)79(53-35-39-61-57-19-11-15-23-65(57)75(2,3)69(61)44-53)54-36-40-62-58-20-12-16-24-66(58)76(4,5)70(62)45-54)81-74(48)50-29-33-52(34-30-50)80(55-37-41-63-59-21-13-17-25-67(59)77(6,7)71(63)46-55)56-38-42-64-60-22-14-18-26-68(60)78(8,9)72(64)47-56/h11-47H,10H2,1-9H3. The molecule has 0 bridgehead atoms. The quantitative estimate of drug-likeness (QED) is 0.142. The zero-order valence-corrected chi connectivity index (χ0v) is 48.7. The molecule has 0 spiro atoms. The summed E-state index contributed by atoms with van der Waals surface area (Å²) in [5.74, 6) is 0. The van der Waals surface area contributed by atoms with Crippen molar-refractivity contribution in [3.63, 3.8) is 0 Å². The highest BCUT2D eigenvalue weighted by Crippen LogP contribution is 2.56. The normalized spacial score (nSPS) is 15.4. The molecule has 0 aliphatic heterocycles. The minimum atomic E-state index is -0.119. The van der Waals surface area contributed by atoms with Gasteiger partial charge in [0, 0.05) is 65.5 Å². The summed E-state index contributed by atoms with van der Waals surface area (Å²) in [6.45, 7) is 21.3. The van der Waals surface area contributed by atoms with Gasteiger partial charge < -0.3 is 9.80 Å². The van der Waals surface area contributed by atoms with Crippen LogP contribution < -0.4 is 9.80 Å². The molecule has 4 aliphatic rings. The third-order valence-corrected chi connectivity index (χ3v) is 20.6. The first-order valence-corrected chi connectivity index (χ1v) is 29.9. The maximum Gasteiger partial charge on any atom is 0.0465 e. The van der Waals surface area contributed by atoms with Gasteiger partial charge in [-0.1, -0.05) is 208 Å². The number of nitrogens with zero attached hydrogens (tertiary/aromatic N) is 2. The van der Waals surface area contributed by atoms with E-state index in [0.717, 1.165) is 17.8 Å². The van der Waals surface area contributed by atoms with Crippen molar-refractivity contribution in [1.29, 1.82) is 0 Å². The minimum Gasteiger partial charge on any atom is -0.310 e. The number of benzene rings is 10. The van der Waals surface area contributed by atoms with E-state index in [1.54, 1.807) is 0 Å². The lowest BCUT2D eigenvalue weighted by molar-refractivity contribution is 0.659. The molecule has 2 nitrogen and oxygen atoms in total. The fourth-order valence-corrected chi connectivity index (χ4v) is 16.1. The molecule has 3 heteroatoms. The SMILES string of the molecule is CCc1cc(-c2ccc(N(c3ccc4c(c3)C(C)(C)c3ccccc3-4)c3ccc4c(c3)C(C)(C)c3ccccc3-4)cc2)sc1-c1ccc(N(c2ccc3c(c2)C(C)(C)c2ccccc2-3)c2ccc3c(c2)C(C)(C)c2ccccc2-3)cc1. The van der Waals surface area contributed by atoms with Gasteiger partial charge in [0.2, 0.25) is 0 Å². The Hall–Kier alpha value is -8.50. The summed E-state index contributed by atoms with van der Waals surface area (Å²) in [7, 11) is 0. The predicted molar refractivity (Wildman–Crippen MR) is 344 cm³/mol. The minimum absolute atomic E-state index is 0.118. The molecule has 10 aromatic carbocycles. The molecule has 394 valence electrons. The van der Waals surface area contributed by atoms with Gasteiger partial charge in [-0.3, -0.25) is 0 Å². The van der Waals surface area contributed by atoms with Crippen molar-refractivity contribution in [3.8, 4) is 65.4 Å². The molecule has 1 heterocycles. The molecule has 0 saturated carbocycles. The van der Waals surface area contributed by atoms with Crippen LogP contribution in [0, 0.1) is 0 Å². The summed E-state index contributed by atoms with van der Waals surface area (Å²) in [4.78, 5) is 7.58. The van der Waals surface area contributed by atoms with Gasteiger partial charge in [0.05, 0.1) is 0 Å². The molecule has 15 rings (SSSR count). The summed E-state index contributed by atoms with van der Waals surface area (Å²) >= 11 is 1.91. The van der Waals surface area contributed by atoms with Crippen LogP contribution >= 0.6 is 11.3 Å². The van der Waals surface area contributed by atoms with E-state index in [4.69, 9.17) is 0 Å². The Balaban J connectivity index is 0.790. The van der Waals surface area contributed by atoms with Crippen molar-refractivity contribution in [3.05, 3.63) is 275 Å². The smallest absolute Gasteiger partial charge is 0.0465 e. The highest BCUT2D eigenvalue weighted by molar-refractivity contribution is 7.19. The maximum atomic E-state index is 2.49. The van der Waals surface area contributed by atoms with Crippen molar-refractivity contribution < 1.29 is 0 Å². The van der Waals surface area contributed by atoms with E-state index in [9.17, 15) is 0 Å². The molecule has 81 heavy (non-hydrogen) atoms. The largest absolute Gasteiger partial charge is 0.310 e. The topological polar surface area (TPSA) is 6.48 Å². The van der Waals surface area contributed by atoms with Gasteiger partial charge in [0.15, 0.2) is 0 Å². The van der Waals surface area contributed by atoms with E-state index in [0.29, 0.717) is 0 Å². The highest BCUT2D eigenvalue weighted by Gasteiger charge is 2.40. The molecule has 0 fully saturated rings. The summed E-state index contributed by atoms with van der Waals surface area (Å²) in [5, 5.41) is 0. The molecule has 4 aliphatic carbocycles. The van der Waals surface area contributed by atoms with E-state index < -0.39 is 0 Å². The Morgan fingerprint density at radius 2 is 0.556 bits per heavy atom. The molecule has 0 saturated heterocycles. The van der Waals surface area contributed by atoms with Gasteiger partial charge in [0.25, 0.3) is 0 Å². The third kappa shape index (κ3) is 7.30. The van der Waals surface area contributed by atoms with Crippen LogP contribution in [-0.4, -0.2) is 0 Å². The van der Waals surface area contributed by atoms with Crippen LogP contribution in [0.15, 0.2) is 224 Å². The van der Waals surface area contributed by atoms with E-state index in [1.165, 1.54) is 138 Å². The number of rotatable bonds is 9. The Morgan fingerprint density at radius 1 is 0.284 bits per heavy atom. The van der Waals surface area contributed by atoms with E-state index >= 15 is 0 Å². The second-order valence-electron chi connectivity index (χ2n) is 25.2. The second kappa shape index (κ2) is 17.7. The molecule has 0 radical (unpaired) electrons. The van der Waals surface area contributed by atoms with Crippen molar-refractivity contribution >= 4 is 45.5 Å². The lowest BCUT2D eigenvalue weighted by Crippen LogP contribution is -2.18. The van der Waals surface area contributed by atoms with Crippen LogP contribution in [0.1, 0.15) is 112 Å². The Labute approximate surface area is 482 Å². The first-order chi connectivity index (χ1) is 39.1. The van der Waals surface area contributed by atoms with Gasteiger partial charge in [-0.05, 0) is 191 Å². The molecule has 0 unspecified atom stereocenters. The molecular weight excluding hydrogens is 997 g/mol. The van der Waals surface area contributed by atoms with Gasteiger partial charge >= 0.3 is 0 Å². The summed E-state index contributed by atoms with van der Waals surface area (Å²) < 4.78 is 0. The molecule has 0 atom stereocenters. The second-order valence-corrected chi connectivity index (χ2v) is 26.2. The number of thiophene rings is 1. The molecule has 11 aromatic rings. The van der Waals surface area contributed by atoms with Crippen LogP contribution in [0.25, 0.3) is 65.4 Å². The van der Waals surface area contributed by atoms with Crippen LogP contribution in [-0.2, 0) is 28.1 Å². The van der Waals surface area contributed by atoms with Crippen LogP contribution in [0.3, 0.4) is 0 Å². The monoisotopic (exact) mass is 1060 g/mol. The number of hydrogen-bond acceptors (Lipinski definition) is 3. The average Bonchev–Trinajstić information content (AvgIpc) is 4.31. The number of anilines is 6. The van der Waals surface area contributed by atoms with Crippen molar-refractivity contribution in [2.24, 2.45) is 0 Å². The van der Waals surface area contributed by atoms with Crippen molar-refractivity contribution in [2.45, 2.75) is 90.4 Å². The fourth-order valence-electron chi connectivity index (χ4n) is 14.8. The zero-order chi connectivity index (χ0) is 55.3. The lowest BCUT2D eigenvalue weighted by Gasteiger charge is -2.30. The van der Waals surface area contributed by atoms with E-state index in [-0.39, 0.29) is 21.7 Å². The first kappa shape index (κ1) is 49.5. The molecular formula is C78H66N2S. The summed E-state index contributed by atoms with van der Waals surface area (Å²) in [5.41, 5.74) is 32.0. The van der Waals surface area contributed by atoms with E-state index in [1.807, 2.05) is 11.3 Å². The van der Waals surface area contributed by atoms with E-state index in [2.05, 4.69) is 297 Å². The lowest BCUT2D eigenvalue weighted by atomic mass is 9.82. The van der Waals surface area contributed by atoms with Gasteiger partial charge in [-0.25, -0.2) is 0 Å². The third-order valence-electron chi connectivity index (χ3n) is 19.3. The van der Waals surface area contributed by atoms with Gasteiger partial charge in [-0.15, -0.1) is 11.3 Å². The molecule has 1 aromatic heterocycles. The van der Waals surface area contributed by atoms with Crippen molar-refractivity contribution in [2.75, 3.05) is 9.80 Å².